The van der Waals surface area contributed by atoms with Crippen molar-refractivity contribution in [3.8, 4) is 11.5 Å². The molecule has 1 fully saturated rings. The van der Waals surface area contributed by atoms with Crippen LogP contribution in [-0.2, 0) is 0 Å². The van der Waals surface area contributed by atoms with Crippen LogP contribution in [0.4, 0.5) is 0 Å². The number of halogens is 1. The summed E-state index contributed by atoms with van der Waals surface area (Å²) in [5.41, 5.74) is 2.22. The van der Waals surface area contributed by atoms with Gasteiger partial charge in [-0.1, -0.05) is 0 Å². The lowest BCUT2D eigenvalue weighted by atomic mass is 9.97. The van der Waals surface area contributed by atoms with E-state index < -0.39 is 0 Å². The maximum Gasteiger partial charge on any atom is 0.248 e. The molecule has 5 heteroatoms. The van der Waals surface area contributed by atoms with E-state index in [1.54, 1.807) is 0 Å². The Morgan fingerprint density at radius 3 is 2.70 bits per heavy atom. The number of nitrogens with zero attached hydrogens (tertiary/aromatic N) is 3. The van der Waals surface area contributed by atoms with Gasteiger partial charge in [-0.05, 0) is 86.3 Å². The van der Waals surface area contributed by atoms with Crippen LogP contribution in [0.3, 0.4) is 0 Å². The van der Waals surface area contributed by atoms with E-state index in [-0.39, 0.29) is 0 Å². The minimum absolute atomic E-state index is 0.414. The van der Waals surface area contributed by atoms with E-state index >= 15 is 0 Å². The van der Waals surface area contributed by atoms with Crippen molar-refractivity contribution in [3.05, 3.63) is 33.2 Å². The number of aryl methyl sites for hydroxylation is 1. The predicted molar refractivity (Wildman–Crippen MR) is 86.7 cm³/mol. The van der Waals surface area contributed by atoms with Crippen molar-refractivity contribution < 1.29 is 4.42 Å². The molecule has 0 aliphatic carbocycles. The van der Waals surface area contributed by atoms with Crippen molar-refractivity contribution in [3.63, 3.8) is 0 Å². The number of benzene rings is 1. The minimum Gasteiger partial charge on any atom is -0.420 e. The van der Waals surface area contributed by atoms with Crippen molar-refractivity contribution >= 4 is 22.6 Å². The van der Waals surface area contributed by atoms with E-state index in [2.05, 4.69) is 69.9 Å². The van der Waals surface area contributed by atoms with Crippen LogP contribution in [0, 0.1) is 10.5 Å². The van der Waals surface area contributed by atoms with Crippen LogP contribution in [0.25, 0.3) is 11.5 Å². The van der Waals surface area contributed by atoms with Crippen molar-refractivity contribution in [2.45, 2.75) is 25.7 Å². The number of rotatable bonds is 2. The zero-order valence-corrected chi connectivity index (χ0v) is 13.9. The Bertz CT molecular complexity index is 603. The zero-order valence-electron chi connectivity index (χ0n) is 11.8. The fraction of sp³-hybridized carbons (Fsp3) is 0.467. The summed E-state index contributed by atoms with van der Waals surface area (Å²) in [4.78, 5) is 2.34. The van der Waals surface area contributed by atoms with Gasteiger partial charge in [0.05, 0.1) is 0 Å². The van der Waals surface area contributed by atoms with Gasteiger partial charge < -0.3 is 9.32 Å². The summed E-state index contributed by atoms with van der Waals surface area (Å²) in [7, 11) is 2.16. The van der Waals surface area contributed by atoms with Crippen LogP contribution >= 0.6 is 22.6 Å². The molecule has 2 aromatic rings. The second kappa shape index (κ2) is 5.81. The van der Waals surface area contributed by atoms with Crippen LogP contribution < -0.4 is 0 Å². The highest BCUT2D eigenvalue weighted by molar-refractivity contribution is 14.1. The van der Waals surface area contributed by atoms with Crippen molar-refractivity contribution in [2.75, 3.05) is 20.1 Å². The van der Waals surface area contributed by atoms with Crippen LogP contribution in [0.1, 0.15) is 30.2 Å². The predicted octanol–water partition coefficient (Wildman–Crippen LogP) is 3.46. The van der Waals surface area contributed by atoms with Gasteiger partial charge in [0.15, 0.2) is 0 Å². The lowest BCUT2D eigenvalue weighted by molar-refractivity contribution is 0.237. The molecule has 1 aliphatic rings. The maximum atomic E-state index is 5.92. The number of piperidine rings is 1. The molecule has 0 bridgehead atoms. The molecule has 0 spiro atoms. The van der Waals surface area contributed by atoms with Crippen LogP contribution in [0.5, 0.6) is 0 Å². The fourth-order valence-corrected chi connectivity index (χ4v) is 3.28. The first-order chi connectivity index (χ1) is 9.63. The van der Waals surface area contributed by atoms with Crippen LogP contribution in [0.15, 0.2) is 22.6 Å². The third kappa shape index (κ3) is 2.88. The lowest BCUT2D eigenvalue weighted by Gasteiger charge is -2.26. The quantitative estimate of drug-likeness (QED) is 0.745. The Balaban J connectivity index is 1.83. The fourth-order valence-electron chi connectivity index (χ4n) is 2.63. The first kappa shape index (κ1) is 14.0. The Kier molecular flexibility index (Phi) is 4.07. The first-order valence-electron chi connectivity index (χ1n) is 6.92. The van der Waals surface area contributed by atoms with E-state index in [0.717, 1.165) is 37.4 Å². The van der Waals surface area contributed by atoms with Gasteiger partial charge in [-0.25, -0.2) is 0 Å². The summed E-state index contributed by atoms with van der Waals surface area (Å²) in [6, 6.07) is 6.26. The molecule has 0 atom stereocenters. The summed E-state index contributed by atoms with van der Waals surface area (Å²) in [6.45, 7) is 4.28. The molecule has 1 saturated heterocycles. The monoisotopic (exact) mass is 383 g/mol. The van der Waals surface area contributed by atoms with E-state index in [1.807, 2.05) is 0 Å². The molecule has 1 aromatic carbocycles. The lowest BCUT2D eigenvalue weighted by Crippen LogP contribution is -2.29. The highest BCUT2D eigenvalue weighted by Crippen LogP contribution is 2.30. The molecule has 4 nitrogen and oxygen atoms in total. The Labute approximate surface area is 132 Å². The summed E-state index contributed by atoms with van der Waals surface area (Å²) < 4.78 is 7.14. The van der Waals surface area contributed by atoms with Gasteiger partial charge in [-0.15, -0.1) is 10.2 Å². The van der Waals surface area contributed by atoms with Gasteiger partial charge in [0.25, 0.3) is 0 Å². The third-order valence-electron chi connectivity index (χ3n) is 3.93. The molecule has 0 saturated carbocycles. The number of hydrogen-bond acceptors (Lipinski definition) is 4. The second-order valence-electron chi connectivity index (χ2n) is 5.48. The molecular formula is C15H18IN3O. The smallest absolute Gasteiger partial charge is 0.248 e. The SMILES string of the molecule is Cc1cc(I)ccc1-c1nnc(C2CCN(C)CC2)o1. The minimum atomic E-state index is 0.414. The zero-order chi connectivity index (χ0) is 14.1. The van der Waals surface area contributed by atoms with Gasteiger partial charge in [0, 0.05) is 15.1 Å². The second-order valence-corrected chi connectivity index (χ2v) is 6.73. The number of hydrogen-bond donors (Lipinski definition) is 0. The topological polar surface area (TPSA) is 42.2 Å². The molecule has 3 rings (SSSR count). The molecule has 0 amide bonds. The van der Waals surface area contributed by atoms with E-state index in [4.69, 9.17) is 4.42 Å². The summed E-state index contributed by atoms with van der Waals surface area (Å²) in [5.74, 6) is 1.86. The first-order valence-corrected chi connectivity index (χ1v) is 8.00. The summed E-state index contributed by atoms with van der Waals surface area (Å²) in [5, 5.41) is 8.51. The number of likely N-dealkylation sites (tertiary alicyclic amines) is 1. The summed E-state index contributed by atoms with van der Waals surface area (Å²) >= 11 is 2.31. The molecule has 106 valence electrons. The molecule has 1 aromatic heterocycles. The average Bonchev–Trinajstić information content (AvgIpc) is 2.89. The average molecular weight is 383 g/mol. The highest BCUT2D eigenvalue weighted by atomic mass is 127. The van der Waals surface area contributed by atoms with Crippen molar-refractivity contribution in [2.24, 2.45) is 0 Å². The molecule has 0 N–H and O–H groups in total. The van der Waals surface area contributed by atoms with Crippen LogP contribution in [-0.4, -0.2) is 35.2 Å². The molecule has 20 heavy (non-hydrogen) atoms. The standard InChI is InChI=1S/C15H18IN3O/c1-10-9-12(16)3-4-13(10)15-18-17-14(20-15)11-5-7-19(2)8-6-11/h3-4,9,11H,5-8H2,1-2H3. The molecule has 2 heterocycles. The molecule has 0 radical (unpaired) electrons. The van der Waals surface area contributed by atoms with Gasteiger partial charge in [0.1, 0.15) is 0 Å². The Hall–Kier alpha value is -0.950. The van der Waals surface area contributed by atoms with E-state index in [1.165, 1.54) is 9.13 Å². The summed E-state index contributed by atoms with van der Waals surface area (Å²) in [6.07, 6.45) is 2.20. The molecular weight excluding hydrogens is 365 g/mol. The van der Waals surface area contributed by atoms with Crippen molar-refractivity contribution in [1.29, 1.82) is 0 Å². The van der Waals surface area contributed by atoms with Gasteiger partial charge >= 0.3 is 0 Å². The third-order valence-corrected chi connectivity index (χ3v) is 4.60. The number of aromatic nitrogens is 2. The van der Waals surface area contributed by atoms with Gasteiger partial charge in [-0.2, -0.15) is 0 Å². The Morgan fingerprint density at radius 2 is 2.00 bits per heavy atom. The van der Waals surface area contributed by atoms with E-state index in [9.17, 15) is 0 Å². The molecule has 1 aliphatic heterocycles. The normalized spacial score (nSPS) is 17.6. The molecule has 0 unspecified atom stereocenters. The largest absolute Gasteiger partial charge is 0.420 e. The van der Waals surface area contributed by atoms with Gasteiger partial charge in [0.2, 0.25) is 11.8 Å². The van der Waals surface area contributed by atoms with Crippen molar-refractivity contribution in [1.82, 2.24) is 15.1 Å². The van der Waals surface area contributed by atoms with Crippen LogP contribution in [0.2, 0.25) is 0 Å². The van der Waals surface area contributed by atoms with E-state index in [0.29, 0.717) is 11.8 Å². The Morgan fingerprint density at radius 1 is 1.25 bits per heavy atom. The maximum absolute atomic E-state index is 5.92. The highest BCUT2D eigenvalue weighted by Gasteiger charge is 2.23. The van der Waals surface area contributed by atoms with Gasteiger partial charge in [-0.3, -0.25) is 0 Å².